The molecule has 1 aliphatic rings. The maximum absolute atomic E-state index is 12.7. The summed E-state index contributed by atoms with van der Waals surface area (Å²) in [7, 11) is 1.75. The van der Waals surface area contributed by atoms with Crippen molar-refractivity contribution in [2.24, 2.45) is 5.92 Å². The van der Waals surface area contributed by atoms with Crippen LogP contribution in [0.2, 0.25) is 0 Å². The van der Waals surface area contributed by atoms with Crippen molar-refractivity contribution in [3.8, 4) is 5.75 Å². The van der Waals surface area contributed by atoms with Crippen LogP contribution in [0.5, 0.6) is 5.75 Å². The minimum atomic E-state index is -4.74. The normalized spacial score (nSPS) is 16.9. The zero-order valence-electron chi connectivity index (χ0n) is 14.8. The molecule has 0 radical (unpaired) electrons. The molecule has 0 spiro atoms. The molecule has 1 amide bonds. The largest absolute Gasteiger partial charge is 0.573 e. The van der Waals surface area contributed by atoms with Gasteiger partial charge >= 0.3 is 6.36 Å². The molecule has 1 fully saturated rings. The van der Waals surface area contributed by atoms with Crippen molar-refractivity contribution in [1.82, 2.24) is 9.80 Å². The summed E-state index contributed by atoms with van der Waals surface area (Å²) in [4.78, 5) is 16.8. The Labute approximate surface area is 146 Å². The quantitative estimate of drug-likeness (QED) is 0.776. The van der Waals surface area contributed by atoms with E-state index in [-0.39, 0.29) is 23.6 Å². The third kappa shape index (κ3) is 5.63. The van der Waals surface area contributed by atoms with Crippen LogP contribution in [0.4, 0.5) is 13.2 Å². The van der Waals surface area contributed by atoms with Crippen LogP contribution in [0.3, 0.4) is 0 Å². The first-order valence-electron chi connectivity index (χ1n) is 8.52. The zero-order valence-corrected chi connectivity index (χ0v) is 14.8. The molecule has 25 heavy (non-hydrogen) atoms. The third-order valence-corrected chi connectivity index (χ3v) is 4.57. The van der Waals surface area contributed by atoms with E-state index < -0.39 is 6.36 Å². The van der Waals surface area contributed by atoms with E-state index in [0.717, 1.165) is 19.6 Å². The molecule has 1 saturated heterocycles. The van der Waals surface area contributed by atoms with Gasteiger partial charge < -0.3 is 14.5 Å². The average molecular weight is 358 g/mol. The number of amides is 1. The molecule has 0 N–H and O–H groups in total. The molecule has 0 aliphatic carbocycles. The summed E-state index contributed by atoms with van der Waals surface area (Å²) in [5, 5.41) is 0. The third-order valence-electron chi connectivity index (χ3n) is 4.57. The second kappa shape index (κ2) is 8.08. The molecule has 140 valence electrons. The molecule has 1 aromatic carbocycles. The number of alkyl halides is 3. The summed E-state index contributed by atoms with van der Waals surface area (Å²) in [5.41, 5.74) is 0.351. The molecule has 1 atom stereocenters. The maximum atomic E-state index is 12.7. The van der Waals surface area contributed by atoms with Crippen LogP contribution in [0, 0.1) is 5.92 Å². The monoisotopic (exact) mass is 358 g/mol. The Bertz CT molecular complexity index is 567. The molecular formula is C18H25F3N2O2. The van der Waals surface area contributed by atoms with Crippen molar-refractivity contribution in [3.05, 3.63) is 29.8 Å². The van der Waals surface area contributed by atoms with Crippen molar-refractivity contribution in [2.75, 3.05) is 26.7 Å². The summed E-state index contributed by atoms with van der Waals surface area (Å²) in [6.07, 6.45) is -2.37. The zero-order chi connectivity index (χ0) is 18.6. The minimum absolute atomic E-state index is 0.0525. The fourth-order valence-electron chi connectivity index (χ4n) is 3.16. The van der Waals surface area contributed by atoms with Gasteiger partial charge in [0.05, 0.1) is 0 Å². The van der Waals surface area contributed by atoms with Crippen LogP contribution in [-0.2, 0) is 0 Å². The molecule has 1 unspecified atom stereocenters. The van der Waals surface area contributed by atoms with Gasteiger partial charge in [0.25, 0.3) is 5.91 Å². The van der Waals surface area contributed by atoms with Crippen LogP contribution < -0.4 is 4.74 Å². The first-order chi connectivity index (χ1) is 11.7. The van der Waals surface area contributed by atoms with Gasteiger partial charge in [0.2, 0.25) is 0 Å². The number of benzene rings is 1. The molecule has 1 aromatic rings. The number of halogens is 3. The first-order valence-corrected chi connectivity index (χ1v) is 8.52. The Balaban J connectivity index is 2.05. The maximum Gasteiger partial charge on any atom is 0.573 e. The Kier molecular flexibility index (Phi) is 6.32. The van der Waals surface area contributed by atoms with Crippen molar-refractivity contribution < 1.29 is 22.7 Å². The van der Waals surface area contributed by atoms with Gasteiger partial charge in [-0.25, -0.2) is 0 Å². The molecule has 1 heterocycles. The highest BCUT2D eigenvalue weighted by atomic mass is 19.4. The Morgan fingerprint density at radius 1 is 1.20 bits per heavy atom. The number of ether oxygens (including phenoxy) is 1. The summed E-state index contributed by atoms with van der Waals surface area (Å²) in [6, 6.07) is 5.12. The van der Waals surface area contributed by atoms with Crippen molar-refractivity contribution in [3.63, 3.8) is 0 Å². The van der Waals surface area contributed by atoms with Gasteiger partial charge in [-0.15, -0.1) is 13.2 Å². The standard InChI is InChI=1S/C18H25F3N2O2/c1-13(2)16(12-23-10-4-5-11-23)22(3)17(24)14-6-8-15(9-7-14)25-18(19,20)21/h6-9,13,16H,4-5,10-12H2,1-3H3. The predicted octanol–water partition coefficient (Wildman–Crippen LogP) is 3.78. The second-order valence-corrected chi connectivity index (χ2v) is 6.81. The number of carbonyl (C=O) groups excluding carboxylic acids is 1. The molecular weight excluding hydrogens is 333 g/mol. The summed E-state index contributed by atoms with van der Waals surface area (Å²) in [6.45, 7) is 7.06. The van der Waals surface area contributed by atoms with Crippen LogP contribution in [0.25, 0.3) is 0 Å². The van der Waals surface area contributed by atoms with Gasteiger partial charge in [-0.3, -0.25) is 4.79 Å². The lowest BCUT2D eigenvalue weighted by molar-refractivity contribution is -0.274. The lowest BCUT2D eigenvalue weighted by Gasteiger charge is -2.34. The van der Waals surface area contributed by atoms with E-state index in [4.69, 9.17) is 0 Å². The Morgan fingerprint density at radius 3 is 2.24 bits per heavy atom. The summed E-state index contributed by atoms with van der Waals surface area (Å²) < 4.78 is 40.5. The fraction of sp³-hybridized carbons (Fsp3) is 0.611. The lowest BCUT2D eigenvalue weighted by atomic mass is 10.0. The van der Waals surface area contributed by atoms with E-state index in [2.05, 4.69) is 23.5 Å². The highest BCUT2D eigenvalue weighted by molar-refractivity contribution is 5.94. The molecule has 0 bridgehead atoms. The molecule has 1 aliphatic heterocycles. The summed E-state index contributed by atoms with van der Waals surface area (Å²) in [5.74, 6) is -0.247. The van der Waals surface area contributed by atoms with E-state index in [1.807, 2.05) is 0 Å². The first kappa shape index (κ1) is 19.6. The van der Waals surface area contributed by atoms with Gasteiger partial charge in [-0.1, -0.05) is 13.8 Å². The molecule has 4 nitrogen and oxygen atoms in total. The fourth-order valence-corrected chi connectivity index (χ4v) is 3.16. The topological polar surface area (TPSA) is 32.8 Å². The van der Waals surface area contributed by atoms with E-state index >= 15 is 0 Å². The highest BCUT2D eigenvalue weighted by Gasteiger charge is 2.31. The van der Waals surface area contributed by atoms with E-state index in [1.54, 1.807) is 11.9 Å². The van der Waals surface area contributed by atoms with Gasteiger partial charge in [0, 0.05) is 25.2 Å². The molecule has 0 aromatic heterocycles. The number of likely N-dealkylation sites (tertiary alicyclic amines) is 1. The number of likely N-dealkylation sites (N-methyl/N-ethyl adjacent to an activating group) is 1. The molecule has 0 saturated carbocycles. The summed E-state index contributed by atoms with van der Waals surface area (Å²) >= 11 is 0. The van der Waals surface area contributed by atoms with Gasteiger partial charge in [-0.05, 0) is 56.1 Å². The number of hydrogen-bond acceptors (Lipinski definition) is 3. The molecule has 7 heteroatoms. The number of carbonyl (C=O) groups is 1. The SMILES string of the molecule is CC(C)C(CN1CCCC1)N(C)C(=O)c1ccc(OC(F)(F)F)cc1. The van der Waals surface area contributed by atoms with Crippen LogP contribution in [0.1, 0.15) is 37.0 Å². The average Bonchev–Trinajstić information content (AvgIpc) is 3.03. The van der Waals surface area contributed by atoms with E-state index in [0.29, 0.717) is 5.56 Å². The predicted molar refractivity (Wildman–Crippen MR) is 89.5 cm³/mol. The van der Waals surface area contributed by atoms with Crippen LogP contribution in [-0.4, -0.2) is 54.8 Å². The van der Waals surface area contributed by atoms with Gasteiger partial charge in [-0.2, -0.15) is 0 Å². The van der Waals surface area contributed by atoms with E-state index in [1.165, 1.54) is 37.1 Å². The van der Waals surface area contributed by atoms with Crippen molar-refractivity contribution in [1.29, 1.82) is 0 Å². The second-order valence-electron chi connectivity index (χ2n) is 6.81. The van der Waals surface area contributed by atoms with Crippen molar-refractivity contribution in [2.45, 2.75) is 39.1 Å². The Morgan fingerprint density at radius 2 is 1.76 bits per heavy atom. The number of rotatable bonds is 6. The van der Waals surface area contributed by atoms with Gasteiger partial charge in [0.15, 0.2) is 0 Å². The Hall–Kier alpha value is -1.76. The van der Waals surface area contributed by atoms with Crippen molar-refractivity contribution >= 4 is 5.91 Å². The minimum Gasteiger partial charge on any atom is -0.406 e. The van der Waals surface area contributed by atoms with Crippen LogP contribution in [0.15, 0.2) is 24.3 Å². The lowest BCUT2D eigenvalue weighted by Crippen LogP contribution is -2.47. The smallest absolute Gasteiger partial charge is 0.406 e. The highest BCUT2D eigenvalue weighted by Crippen LogP contribution is 2.24. The van der Waals surface area contributed by atoms with Gasteiger partial charge in [0.1, 0.15) is 5.75 Å². The van der Waals surface area contributed by atoms with Crippen LogP contribution >= 0.6 is 0 Å². The number of hydrogen-bond donors (Lipinski definition) is 0. The van der Waals surface area contributed by atoms with E-state index in [9.17, 15) is 18.0 Å². The number of nitrogens with zero attached hydrogens (tertiary/aromatic N) is 2. The molecule has 2 rings (SSSR count).